The van der Waals surface area contributed by atoms with Crippen molar-refractivity contribution < 1.29 is 8.78 Å². The number of alkyl halides is 2. The van der Waals surface area contributed by atoms with Crippen LogP contribution in [0.2, 0.25) is 0 Å². The summed E-state index contributed by atoms with van der Waals surface area (Å²) in [5.74, 6) is 0.354. The SMILES string of the molecule is Cc1c(C2CCC(N)CC2)cnn1C(F)F. The van der Waals surface area contributed by atoms with Crippen molar-refractivity contribution in [3.8, 4) is 0 Å². The molecule has 1 aromatic rings. The highest BCUT2D eigenvalue weighted by atomic mass is 19.3. The lowest BCUT2D eigenvalue weighted by molar-refractivity contribution is 0.0542. The van der Waals surface area contributed by atoms with Gasteiger partial charge in [0.2, 0.25) is 0 Å². The van der Waals surface area contributed by atoms with Gasteiger partial charge in [-0.2, -0.15) is 13.9 Å². The van der Waals surface area contributed by atoms with E-state index in [2.05, 4.69) is 5.10 Å². The quantitative estimate of drug-likeness (QED) is 0.847. The molecule has 2 N–H and O–H groups in total. The van der Waals surface area contributed by atoms with Gasteiger partial charge in [0.25, 0.3) is 0 Å². The molecule has 0 radical (unpaired) electrons. The van der Waals surface area contributed by atoms with Crippen LogP contribution in [-0.2, 0) is 0 Å². The van der Waals surface area contributed by atoms with E-state index in [0.29, 0.717) is 11.6 Å². The Bertz CT molecular complexity index is 354. The van der Waals surface area contributed by atoms with Gasteiger partial charge in [-0.25, -0.2) is 4.68 Å². The fraction of sp³-hybridized carbons (Fsp3) is 0.727. The van der Waals surface area contributed by atoms with Crippen LogP contribution in [-0.4, -0.2) is 15.8 Å². The van der Waals surface area contributed by atoms with Crippen LogP contribution in [0.15, 0.2) is 6.20 Å². The molecule has 0 aromatic carbocycles. The first-order chi connectivity index (χ1) is 7.59. The molecule has 1 aromatic heterocycles. The van der Waals surface area contributed by atoms with Crippen LogP contribution in [0.1, 0.15) is 49.4 Å². The van der Waals surface area contributed by atoms with Crippen molar-refractivity contribution in [2.45, 2.75) is 51.1 Å². The van der Waals surface area contributed by atoms with Gasteiger partial charge in [0.05, 0.1) is 6.20 Å². The summed E-state index contributed by atoms with van der Waals surface area (Å²) in [5.41, 5.74) is 7.38. The highest BCUT2D eigenvalue weighted by Crippen LogP contribution is 2.34. The second-order valence-electron chi connectivity index (χ2n) is 4.52. The lowest BCUT2D eigenvalue weighted by Crippen LogP contribution is -2.25. The predicted octanol–water partition coefficient (Wildman–Crippen LogP) is 2.57. The van der Waals surface area contributed by atoms with Crippen LogP contribution >= 0.6 is 0 Å². The monoisotopic (exact) mass is 229 g/mol. The lowest BCUT2D eigenvalue weighted by Gasteiger charge is -2.25. The van der Waals surface area contributed by atoms with Crippen molar-refractivity contribution in [1.29, 1.82) is 0 Å². The molecule has 1 aliphatic rings. The van der Waals surface area contributed by atoms with Crippen LogP contribution in [0.5, 0.6) is 0 Å². The molecule has 1 aliphatic carbocycles. The molecular formula is C11H17F2N3. The van der Waals surface area contributed by atoms with Crippen molar-refractivity contribution >= 4 is 0 Å². The lowest BCUT2D eigenvalue weighted by atomic mass is 9.82. The topological polar surface area (TPSA) is 43.8 Å². The van der Waals surface area contributed by atoms with Crippen LogP contribution in [0.4, 0.5) is 8.78 Å². The summed E-state index contributed by atoms with van der Waals surface area (Å²) in [5, 5.41) is 3.74. The van der Waals surface area contributed by atoms with E-state index in [9.17, 15) is 8.78 Å². The minimum absolute atomic E-state index is 0.279. The normalized spacial score (nSPS) is 26.3. The molecule has 0 spiro atoms. The molecule has 1 saturated carbocycles. The first-order valence-corrected chi connectivity index (χ1v) is 5.67. The third kappa shape index (κ3) is 2.09. The molecule has 1 heterocycles. The molecule has 2 rings (SSSR count). The Morgan fingerprint density at radius 2 is 2.00 bits per heavy atom. The average Bonchev–Trinajstić information content (AvgIpc) is 2.61. The van der Waals surface area contributed by atoms with Crippen molar-refractivity contribution in [2.75, 3.05) is 0 Å². The molecule has 3 nitrogen and oxygen atoms in total. The van der Waals surface area contributed by atoms with Gasteiger partial charge >= 0.3 is 6.55 Å². The molecule has 90 valence electrons. The largest absolute Gasteiger partial charge is 0.333 e. The predicted molar refractivity (Wildman–Crippen MR) is 57.4 cm³/mol. The van der Waals surface area contributed by atoms with E-state index in [4.69, 9.17) is 5.73 Å². The molecule has 1 fully saturated rings. The van der Waals surface area contributed by atoms with E-state index in [1.165, 1.54) is 0 Å². The molecule has 0 amide bonds. The Balaban J connectivity index is 2.15. The van der Waals surface area contributed by atoms with Crippen LogP contribution in [0, 0.1) is 6.92 Å². The van der Waals surface area contributed by atoms with Gasteiger partial charge in [-0.1, -0.05) is 0 Å². The van der Waals surface area contributed by atoms with Gasteiger partial charge in [0.15, 0.2) is 0 Å². The molecule has 16 heavy (non-hydrogen) atoms. The molecule has 0 saturated heterocycles. The number of hydrogen-bond donors (Lipinski definition) is 1. The minimum Gasteiger partial charge on any atom is -0.328 e. The maximum Gasteiger partial charge on any atom is 0.333 e. The summed E-state index contributed by atoms with van der Waals surface area (Å²) in [4.78, 5) is 0. The number of nitrogens with two attached hydrogens (primary N) is 1. The molecule has 0 atom stereocenters. The third-order valence-electron chi connectivity index (χ3n) is 3.48. The Hall–Kier alpha value is -0.970. The molecule has 5 heteroatoms. The van der Waals surface area contributed by atoms with E-state index in [1.54, 1.807) is 13.1 Å². The van der Waals surface area contributed by atoms with Gasteiger partial charge < -0.3 is 5.73 Å². The number of halogens is 2. The third-order valence-corrected chi connectivity index (χ3v) is 3.48. The highest BCUT2D eigenvalue weighted by Gasteiger charge is 2.24. The Labute approximate surface area is 93.6 Å². The van der Waals surface area contributed by atoms with Crippen molar-refractivity contribution in [1.82, 2.24) is 9.78 Å². The fourth-order valence-corrected chi connectivity index (χ4v) is 2.46. The first-order valence-electron chi connectivity index (χ1n) is 5.67. The number of nitrogens with zero attached hydrogens (tertiary/aromatic N) is 2. The van der Waals surface area contributed by atoms with Crippen LogP contribution in [0.25, 0.3) is 0 Å². The maximum atomic E-state index is 12.6. The summed E-state index contributed by atoms with van der Waals surface area (Å²) in [7, 11) is 0. The van der Waals surface area contributed by atoms with Crippen LogP contribution < -0.4 is 5.73 Å². The highest BCUT2D eigenvalue weighted by molar-refractivity contribution is 5.22. The van der Waals surface area contributed by atoms with E-state index in [0.717, 1.165) is 35.9 Å². The minimum atomic E-state index is -2.54. The van der Waals surface area contributed by atoms with Crippen molar-refractivity contribution in [3.63, 3.8) is 0 Å². The number of rotatable bonds is 2. The summed E-state index contributed by atoms with van der Waals surface area (Å²) in [6.07, 6.45) is 5.50. The second kappa shape index (κ2) is 4.49. The zero-order valence-corrected chi connectivity index (χ0v) is 9.37. The van der Waals surface area contributed by atoms with Gasteiger partial charge in [0.1, 0.15) is 0 Å². The zero-order valence-electron chi connectivity index (χ0n) is 9.37. The van der Waals surface area contributed by atoms with Gasteiger partial charge in [0, 0.05) is 11.7 Å². The Kier molecular flexibility index (Phi) is 3.23. The molecule has 0 aliphatic heterocycles. The van der Waals surface area contributed by atoms with E-state index in [-0.39, 0.29) is 6.04 Å². The Morgan fingerprint density at radius 3 is 2.50 bits per heavy atom. The summed E-state index contributed by atoms with van der Waals surface area (Å²) < 4.78 is 25.9. The first kappa shape index (κ1) is 11.5. The maximum absolute atomic E-state index is 12.6. The van der Waals surface area contributed by atoms with Crippen LogP contribution in [0.3, 0.4) is 0 Å². The zero-order chi connectivity index (χ0) is 11.7. The average molecular weight is 229 g/mol. The smallest absolute Gasteiger partial charge is 0.328 e. The molecule has 0 bridgehead atoms. The van der Waals surface area contributed by atoms with Gasteiger partial charge in [-0.15, -0.1) is 0 Å². The molecular weight excluding hydrogens is 212 g/mol. The summed E-state index contributed by atoms with van der Waals surface area (Å²) in [6, 6.07) is 0.279. The number of aromatic nitrogens is 2. The van der Waals surface area contributed by atoms with E-state index < -0.39 is 6.55 Å². The van der Waals surface area contributed by atoms with Gasteiger partial charge in [-0.05, 0) is 44.1 Å². The van der Waals surface area contributed by atoms with Crippen molar-refractivity contribution in [2.24, 2.45) is 5.73 Å². The summed E-state index contributed by atoms with van der Waals surface area (Å²) in [6.45, 7) is -0.831. The Morgan fingerprint density at radius 1 is 1.38 bits per heavy atom. The fourth-order valence-electron chi connectivity index (χ4n) is 2.46. The second-order valence-corrected chi connectivity index (χ2v) is 4.52. The number of hydrogen-bond acceptors (Lipinski definition) is 2. The van der Waals surface area contributed by atoms with E-state index >= 15 is 0 Å². The van der Waals surface area contributed by atoms with Crippen molar-refractivity contribution in [3.05, 3.63) is 17.5 Å². The summed E-state index contributed by atoms with van der Waals surface area (Å²) >= 11 is 0. The van der Waals surface area contributed by atoms with Gasteiger partial charge in [-0.3, -0.25) is 0 Å². The standard InChI is InChI=1S/C11H17F2N3/c1-7-10(6-15-16(7)11(12)13)8-2-4-9(14)5-3-8/h6,8-9,11H,2-5,14H2,1H3. The van der Waals surface area contributed by atoms with E-state index in [1.807, 2.05) is 0 Å². The molecule has 0 unspecified atom stereocenters.